The molecule has 0 aliphatic rings. The molecule has 0 aromatic rings. The summed E-state index contributed by atoms with van der Waals surface area (Å²) in [6, 6.07) is 0. The van der Waals surface area contributed by atoms with Crippen molar-refractivity contribution in [2.24, 2.45) is 4.99 Å². The maximum atomic E-state index is 11.9. The standard InChI is InChI=1S/C18H35N3O3.Li/c1-3-4-5-6-7-8-9-10-11-12-13-14-16(22)21-18(19-2)20-15-17(23)24;/h3-15H2,1-2H3,(H,23,24)(H2,19,20,21,22);/q;+1/p-1/i2D3;. The first-order chi connectivity index (χ1) is 12.7. The van der Waals surface area contributed by atoms with E-state index < -0.39 is 19.5 Å². The second kappa shape index (κ2) is 19.3. The largest absolute Gasteiger partial charge is 1.00 e. The van der Waals surface area contributed by atoms with Gasteiger partial charge in [0.05, 0.1) is 12.5 Å². The van der Waals surface area contributed by atoms with Crippen LogP contribution in [0.4, 0.5) is 0 Å². The summed E-state index contributed by atoms with van der Waals surface area (Å²) in [5.74, 6) is -2.18. The molecule has 0 aliphatic heterocycles. The Morgan fingerprint density at radius 3 is 1.96 bits per heavy atom. The van der Waals surface area contributed by atoms with Gasteiger partial charge in [0, 0.05) is 17.5 Å². The van der Waals surface area contributed by atoms with Crippen LogP contribution >= 0.6 is 0 Å². The number of nitrogens with one attached hydrogen (secondary N) is 2. The van der Waals surface area contributed by atoms with Gasteiger partial charge in [0.1, 0.15) is 0 Å². The molecule has 0 rings (SSSR count). The van der Waals surface area contributed by atoms with Crippen LogP contribution in [0.25, 0.3) is 0 Å². The second-order valence-electron chi connectivity index (χ2n) is 6.02. The van der Waals surface area contributed by atoms with E-state index in [9.17, 15) is 14.7 Å². The first-order valence-corrected chi connectivity index (χ1v) is 9.08. The van der Waals surface area contributed by atoms with Crippen LogP contribution in [-0.4, -0.2) is 31.4 Å². The zero-order valence-electron chi connectivity index (χ0n) is 18.9. The van der Waals surface area contributed by atoms with E-state index in [0.29, 0.717) is 6.42 Å². The number of amides is 1. The Kier molecular flexibility index (Phi) is 15.7. The molecule has 7 heteroatoms. The molecule has 0 fully saturated rings. The minimum absolute atomic E-state index is 0. The van der Waals surface area contributed by atoms with Crippen LogP contribution in [0, 0.1) is 0 Å². The van der Waals surface area contributed by atoms with Gasteiger partial charge < -0.3 is 15.2 Å². The molecular weight excluding hydrogens is 313 g/mol. The first-order valence-electron chi connectivity index (χ1n) is 10.6. The Hall–Kier alpha value is -0.993. The van der Waals surface area contributed by atoms with Crippen molar-refractivity contribution in [1.82, 2.24) is 10.6 Å². The number of carboxylic acid groups (broad SMARTS) is 1. The number of aliphatic imine (C=N–C) groups is 1. The molecule has 0 aromatic carbocycles. The van der Waals surface area contributed by atoms with Gasteiger partial charge in [-0.15, -0.1) is 0 Å². The number of carboxylic acids is 1. The maximum Gasteiger partial charge on any atom is 1.00 e. The van der Waals surface area contributed by atoms with Crippen molar-refractivity contribution in [1.29, 1.82) is 0 Å². The fraction of sp³-hybridized carbons (Fsp3) is 0.833. The Morgan fingerprint density at radius 1 is 0.960 bits per heavy atom. The fourth-order valence-corrected chi connectivity index (χ4v) is 2.41. The van der Waals surface area contributed by atoms with Gasteiger partial charge in [0.2, 0.25) is 5.91 Å². The molecule has 0 unspecified atom stereocenters. The molecule has 0 heterocycles. The minimum Gasteiger partial charge on any atom is -0.548 e. The van der Waals surface area contributed by atoms with Gasteiger partial charge in [-0.25, -0.2) is 0 Å². The van der Waals surface area contributed by atoms with Gasteiger partial charge in [0.15, 0.2) is 5.96 Å². The molecule has 0 saturated carbocycles. The van der Waals surface area contributed by atoms with Crippen LogP contribution in [0.15, 0.2) is 4.99 Å². The van der Waals surface area contributed by atoms with Crippen molar-refractivity contribution in [2.45, 2.75) is 84.0 Å². The van der Waals surface area contributed by atoms with E-state index in [1.807, 2.05) is 0 Å². The van der Waals surface area contributed by atoms with Gasteiger partial charge >= 0.3 is 18.9 Å². The molecule has 140 valence electrons. The van der Waals surface area contributed by atoms with E-state index in [1.54, 1.807) is 0 Å². The van der Waals surface area contributed by atoms with Crippen LogP contribution < -0.4 is 34.6 Å². The predicted octanol–water partition coefficient (Wildman–Crippen LogP) is -0.867. The summed E-state index contributed by atoms with van der Waals surface area (Å²) in [6.07, 6.45) is 13.1. The normalized spacial score (nSPS) is 13.2. The van der Waals surface area contributed by atoms with Crippen LogP contribution in [0.2, 0.25) is 0 Å². The Balaban J connectivity index is 0. The van der Waals surface area contributed by atoms with Gasteiger partial charge in [-0.1, -0.05) is 71.1 Å². The third-order valence-corrected chi connectivity index (χ3v) is 3.78. The number of nitrogens with zero attached hydrogens (tertiary/aromatic N) is 1. The topological polar surface area (TPSA) is 93.6 Å². The quantitative estimate of drug-likeness (QED) is 0.184. The number of hydrogen-bond donors (Lipinski definition) is 2. The van der Waals surface area contributed by atoms with Crippen molar-refractivity contribution in [3.8, 4) is 0 Å². The summed E-state index contributed by atoms with van der Waals surface area (Å²) < 4.78 is 21.2. The Morgan fingerprint density at radius 2 is 1.48 bits per heavy atom. The van der Waals surface area contributed by atoms with Crippen LogP contribution in [0.3, 0.4) is 0 Å². The number of carbonyl (C=O) groups excluding carboxylic acids is 2. The zero-order valence-corrected chi connectivity index (χ0v) is 15.9. The van der Waals surface area contributed by atoms with Gasteiger partial charge in [-0.05, 0) is 6.42 Å². The molecule has 0 aliphatic carbocycles. The number of unbranched alkanes of at least 4 members (excludes halogenated alkanes) is 10. The number of guanidine groups is 1. The third-order valence-electron chi connectivity index (χ3n) is 3.78. The molecular formula is C18H34LiN3O3. The number of carbonyl (C=O) groups is 2. The van der Waals surface area contributed by atoms with Gasteiger partial charge in [-0.3, -0.25) is 15.1 Å². The summed E-state index contributed by atoms with van der Waals surface area (Å²) in [7, 11) is 0. The molecule has 6 nitrogen and oxygen atoms in total. The number of hydrogen-bond acceptors (Lipinski definition) is 4. The smallest absolute Gasteiger partial charge is 0.548 e. The molecule has 0 atom stereocenters. The van der Waals surface area contributed by atoms with E-state index in [-0.39, 0.29) is 37.1 Å². The molecule has 1 amide bonds. The third kappa shape index (κ3) is 19.2. The summed E-state index contributed by atoms with van der Waals surface area (Å²) in [5.41, 5.74) is 0. The van der Waals surface area contributed by atoms with Crippen molar-refractivity contribution >= 4 is 17.8 Å². The Labute approximate surface area is 169 Å². The van der Waals surface area contributed by atoms with E-state index in [1.165, 1.54) is 44.9 Å². The summed E-state index contributed by atoms with van der Waals surface area (Å²) in [6.45, 7) is -1.09. The fourth-order valence-electron chi connectivity index (χ4n) is 2.41. The average molecular weight is 350 g/mol. The van der Waals surface area contributed by atoms with E-state index in [0.717, 1.165) is 19.3 Å². The molecule has 25 heavy (non-hydrogen) atoms. The molecule has 0 aromatic heterocycles. The van der Waals surface area contributed by atoms with Crippen molar-refractivity contribution < 1.29 is 37.7 Å². The van der Waals surface area contributed by atoms with E-state index in [4.69, 9.17) is 4.11 Å². The monoisotopic (exact) mass is 350 g/mol. The molecule has 0 bridgehead atoms. The zero-order chi connectivity index (χ0) is 20.5. The molecule has 0 spiro atoms. The molecule has 0 saturated heterocycles. The number of aliphatic carboxylic acids is 1. The van der Waals surface area contributed by atoms with Gasteiger partial charge in [-0.2, -0.15) is 0 Å². The van der Waals surface area contributed by atoms with Crippen LogP contribution in [-0.2, 0) is 9.59 Å². The summed E-state index contributed by atoms with van der Waals surface area (Å²) >= 11 is 0. The molecule has 0 radical (unpaired) electrons. The second-order valence-corrected chi connectivity index (χ2v) is 6.02. The van der Waals surface area contributed by atoms with Crippen molar-refractivity contribution in [3.05, 3.63) is 0 Å². The SMILES string of the molecule is [2H]C([2H])([2H])N=C(NCC(=O)[O-])NC(=O)CCCCCCCCCCCCC.[Li+]. The van der Waals surface area contributed by atoms with Crippen molar-refractivity contribution in [2.75, 3.05) is 13.5 Å². The number of rotatable bonds is 14. The minimum atomic E-state index is -2.67. The maximum absolute atomic E-state index is 11.9. The Bertz CT molecular complexity index is 461. The van der Waals surface area contributed by atoms with Gasteiger partial charge in [0.25, 0.3) is 0 Å². The summed E-state index contributed by atoms with van der Waals surface area (Å²) in [5, 5.41) is 15.0. The van der Waals surface area contributed by atoms with Crippen LogP contribution in [0.1, 0.15) is 88.1 Å². The van der Waals surface area contributed by atoms with Crippen molar-refractivity contribution in [3.63, 3.8) is 0 Å². The predicted molar refractivity (Wildman–Crippen MR) is 95.6 cm³/mol. The van der Waals surface area contributed by atoms with Crippen LogP contribution in [0.5, 0.6) is 0 Å². The van der Waals surface area contributed by atoms with E-state index in [2.05, 4.69) is 22.5 Å². The first kappa shape index (κ1) is 20.3. The molecule has 2 N–H and O–H groups in total. The summed E-state index contributed by atoms with van der Waals surface area (Å²) in [4.78, 5) is 25.6. The van der Waals surface area contributed by atoms with E-state index >= 15 is 0 Å². The average Bonchev–Trinajstić information content (AvgIpc) is 2.56.